The molecule has 11 nitrogen and oxygen atoms in total. The molecule has 6 rings (SSSR count). The van der Waals surface area contributed by atoms with Crippen LogP contribution in [0.1, 0.15) is 27.8 Å². The number of benzene rings is 5. The second kappa shape index (κ2) is 20.8. The van der Waals surface area contributed by atoms with Crippen molar-refractivity contribution in [3.63, 3.8) is 0 Å². The van der Waals surface area contributed by atoms with Gasteiger partial charge in [-0.3, -0.25) is 4.79 Å². The fourth-order valence-electron chi connectivity index (χ4n) is 6.27. The van der Waals surface area contributed by atoms with E-state index in [0.717, 1.165) is 27.8 Å². The molecule has 1 aliphatic rings. The van der Waals surface area contributed by atoms with Crippen LogP contribution in [0.4, 0.5) is 0 Å². The summed E-state index contributed by atoms with van der Waals surface area (Å²) in [5.41, 5.74) is 13.7. The highest BCUT2D eigenvalue weighted by Crippen LogP contribution is 2.33. The third-order valence-electron chi connectivity index (χ3n) is 9.11. The van der Waals surface area contributed by atoms with E-state index in [1.54, 1.807) is 24.3 Å². The molecule has 5 aromatic rings. The molecule has 284 valence electrons. The van der Waals surface area contributed by atoms with E-state index in [-0.39, 0.29) is 19.6 Å². The second-order valence-corrected chi connectivity index (χ2v) is 13.0. The molecule has 0 spiro atoms. The summed E-state index contributed by atoms with van der Waals surface area (Å²) in [5.74, 6) is -0.117. The molecule has 0 saturated carbocycles. The highest BCUT2D eigenvalue weighted by molar-refractivity contribution is 5.76. The maximum Gasteiger partial charge on any atom is 0.314 e. The first-order chi connectivity index (χ1) is 27.1. The maximum atomic E-state index is 12.2. The molecule has 55 heavy (non-hydrogen) atoms. The zero-order valence-electron chi connectivity index (χ0n) is 30.7. The summed E-state index contributed by atoms with van der Waals surface area (Å²) < 4.78 is 44.7. The fraction of sp³-hybridized carbons (Fsp3) is 0.295. The van der Waals surface area contributed by atoms with Crippen molar-refractivity contribution >= 4 is 5.97 Å². The summed E-state index contributed by atoms with van der Waals surface area (Å²) in [6.45, 7) is 1.46. The van der Waals surface area contributed by atoms with Gasteiger partial charge in [0.05, 0.1) is 40.1 Å². The average molecular weight is 744 g/mol. The van der Waals surface area contributed by atoms with E-state index in [0.29, 0.717) is 25.6 Å². The molecular weight excluding hydrogens is 698 g/mol. The van der Waals surface area contributed by atoms with Crippen molar-refractivity contribution in [3.05, 3.63) is 184 Å². The Morgan fingerprint density at radius 1 is 0.636 bits per heavy atom. The summed E-state index contributed by atoms with van der Waals surface area (Å²) in [6, 6.07) is 45.9. The molecule has 1 heterocycles. The minimum absolute atomic E-state index is 0.163. The number of methoxy groups -OCH3 is 1. The molecule has 0 unspecified atom stereocenters. The number of hydrogen-bond donors (Lipinski definition) is 0. The first-order valence-corrected chi connectivity index (χ1v) is 18.2. The van der Waals surface area contributed by atoms with Crippen LogP contribution >= 0.6 is 0 Å². The number of rotatable bonds is 19. The fourth-order valence-corrected chi connectivity index (χ4v) is 6.27. The molecule has 0 aromatic heterocycles. The lowest BCUT2D eigenvalue weighted by atomic mass is 9.97. The van der Waals surface area contributed by atoms with Gasteiger partial charge in [0.1, 0.15) is 36.2 Å². The van der Waals surface area contributed by atoms with Crippen molar-refractivity contribution in [2.45, 2.75) is 69.6 Å². The predicted molar refractivity (Wildman–Crippen MR) is 206 cm³/mol. The number of carbonyl (C=O) groups is 1. The van der Waals surface area contributed by atoms with Crippen molar-refractivity contribution in [2.75, 3.05) is 13.7 Å². The molecule has 0 amide bonds. The zero-order valence-corrected chi connectivity index (χ0v) is 30.7. The topological polar surface area (TPSA) is 130 Å². The quantitative estimate of drug-likeness (QED) is 0.0359. The Morgan fingerprint density at radius 2 is 1.11 bits per heavy atom. The monoisotopic (exact) mass is 743 g/mol. The number of nitrogens with zero attached hydrogens (tertiary/aromatic N) is 3. The van der Waals surface area contributed by atoms with E-state index in [1.165, 1.54) is 7.11 Å². The van der Waals surface area contributed by atoms with Crippen LogP contribution in [0.5, 0.6) is 5.75 Å². The molecular formula is C44H45N3O8. The van der Waals surface area contributed by atoms with Crippen LogP contribution in [-0.4, -0.2) is 56.4 Å². The normalized spacial score (nSPS) is 19.8. The van der Waals surface area contributed by atoms with Crippen molar-refractivity contribution < 1.29 is 38.0 Å². The SMILES string of the molecule is COC(=O)[C@@H](Cc1ccc(O[C@H]2O[C@H](COCc3ccccc3)[C@@H](OCc3ccccc3)[C@H](OCc3ccccc3)[C@@H]2OCc2ccccc2)cc1)N=[N+]=[N-]. The lowest BCUT2D eigenvalue weighted by Crippen LogP contribution is -2.62. The number of hydrogen-bond acceptors (Lipinski definition) is 9. The Balaban J connectivity index is 1.31. The summed E-state index contributed by atoms with van der Waals surface area (Å²) in [5, 5.41) is 3.60. The molecule has 1 fully saturated rings. The van der Waals surface area contributed by atoms with Gasteiger partial charge in [-0.25, -0.2) is 0 Å². The summed E-state index contributed by atoms with van der Waals surface area (Å²) in [4.78, 5) is 15.0. The van der Waals surface area contributed by atoms with Crippen molar-refractivity contribution in [3.8, 4) is 5.75 Å². The van der Waals surface area contributed by atoms with E-state index in [9.17, 15) is 4.79 Å². The van der Waals surface area contributed by atoms with Gasteiger partial charge >= 0.3 is 5.97 Å². The van der Waals surface area contributed by atoms with Gasteiger partial charge in [-0.15, -0.1) is 0 Å². The van der Waals surface area contributed by atoms with Gasteiger partial charge in [0.25, 0.3) is 0 Å². The molecule has 0 radical (unpaired) electrons. The largest absolute Gasteiger partial charge is 0.469 e. The molecule has 5 aromatic carbocycles. The van der Waals surface area contributed by atoms with Gasteiger partial charge in [-0.1, -0.05) is 139 Å². The van der Waals surface area contributed by atoms with Gasteiger partial charge in [0, 0.05) is 4.91 Å². The van der Waals surface area contributed by atoms with Crippen molar-refractivity contribution in [1.82, 2.24) is 0 Å². The first-order valence-electron chi connectivity index (χ1n) is 18.2. The number of ether oxygens (including phenoxy) is 7. The van der Waals surface area contributed by atoms with Crippen molar-refractivity contribution in [1.29, 1.82) is 0 Å². The zero-order chi connectivity index (χ0) is 38.1. The van der Waals surface area contributed by atoms with E-state index < -0.39 is 42.7 Å². The maximum absolute atomic E-state index is 12.2. The Bertz CT molecular complexity index is 1910. The number of azide groups is 1. The summed E-state index contributed by atoms with van der Waals surface area (Å²) >= 11 is 0. The molecule has 6 atom stereocenters. The van der Waals surface area contributed by atoms with Crippen LogP contribution in [0.25, 0.3) is 10.4 Å². The molecule has 1 aliphatic heterocycles. The second-order valence-electron chi connectivity index (χ2n) is 13.0. The smallest absolute Gasteiger partial charge is 0.314 e. The van der Waals surface area contributed by atoms with Crippen LogP contribution in [0.3, 0.4) is 0 Å². The summed E-state index contributed by atoms with van der Waals surface area (Å²) in [6.07, 6.45) is -3.40. The lowest BCUT2D eigenvalue weighted by molar-refractivity contribution is -0.310. The summed E-state index contributed by atoms with van der Waals surface area (Å²) in [7, 11) is 1.26. The van der Waals surface area contributed by atoms with E-state index in [4.69, 9.17) is 38.7 Å². The van der Waals surface area contributed by atoms with Gasteiger partial charge < -0.3 is 33.2 Å². The van der Waals surface area contributed by atoms with Gasteiger partial charge in [-0.2, -0.15) is 0 Å². The Kier molecular flexibility index (Phi) is 14.8. The third-order valence-corrected chi connectivity index (χ3v) is 9.11. The average Bonchev–Trinajstić information content (AvgIpc) is 3.23. The highest BCUT2D eigenvalue weighted by atomic mass is 16.7. The van der Waals surface area contributed by atoms with Gasteiger partial charge in [0.2, 0.25) is 6.29 Å². The van der Waals surface area contributed by atoms with E-state index in [2.05, 4.69) is 10.0 Å². The minimum Gasteiger partial charge on any atom is -0.469 e. The lowest BCUT2D eigenvalue weighted by Gasteiger charge is -2.45. The number of esters is 1. The van der Waals surface area contributed by atoms with Gasteiger partial charge in [0.15, 0.2) is 0 Å². The van der Waals surface area contributed by atoms with Crippen LogP contribution in [0.2, 0.25) is 0 Å². The Morgan fingerprint density at radius 3 is 1.60 bits per heavy atom. The van der Waals surface area contributed by atoms with Crippen LogP contribution in [-0.2, 0) is 66.1 Å². The molecule has 0 N–H and O–H groups in total. The van der Waals surface area contributed by atoms with Gasteiger partial charge in [-0.05, 0) is 51.9 Å². The van der Waals surface area contributed by atoms with Crippen LogP contribution in [0.15, 0.2) is 151 Å². The van der Waals surface area contributed by atoms with Crippen LogP contribution in [0, 0.1) is 0 Å². The Hall–Kier alpha value is -5.52. The van der Waals surface area contributed by atoms with Crippen LogP contribution < -0.4 is 4.74 Å². The predicted octanol–water partition coefficient (Wildman–Crippen LogP) is 8.16. The number of carbonyl (C=O) groups excluding carboxylic acids is 1. The Labute approximate surface area is 321 Å². The molecule has 11 heteroatoms. The van der Waals surface area contributed by atoms with E-state index in [1.807, 2.05) is 121 Å². The molecule has 0 bridgehead atoms. The molecule has 1 saturated heterocycles. The standard InChI is InChI=1S/C44H45N3O8/c1-49-43(48)38(46-47-45)26-32-22-24-37(25-23-32)54-44-42(53-30-36-20-12-5-13-21-36)41(52-29-35-18-10-4-11-19-35)40(51-28-34-16-8-3-9-17-34)39(55-44)31-50-27-33-14-6-2-7-15-33/h2-25,38-42,44H,26-31H2,1H3/t38-,39-,40-,41+,42+,44+/m1/s1. The first kappa shape index (κ1) is 39.2. The minimum atomic E-state index is -0.994. The third kappa shape index (κ3) is 11.7. The highest BCUT2D eigenvalue weighted by Gasteiger charge is 2.49. The molecule has 0 aliphatic carbocycles. The van der Waals surface area contributed by atoms with E-state index >= 15 is 0 Å². The van der Waals surface area contributed by atoms with Crippen molar-refractivity contribution in [2.24, 2.45) is 5.11 Å².